The molecule has 4 N–H and O–H groups in total. The molecule has 0 saturated carbocycles. The third kappa shape index (κ3) is 29.6. The highest BCUT2D eigenvalue weighted by Gasteiger charge is 2.46. The number of rotatable bonds is 57. The number of nitrogens with one attached hydrogen (secondary N) is 1. The van der Waals surface area contributed by atoms with Crippen molar-refractivity contribution in [3.05, 3.63) is 206 Å². The summed E-state index contributed by atoms with van der Waals surface area (Å²) in [5.41, 5.74) is 2.12. The number of hydrogen-bond acceptors (Lipinski definition) is 13. The fraction of sp³-hybridized carbons (Fsp3) is 0.489. The van der Waals surface area contributed by atoms with Gasteiger partial charge in [0.1, 0.15) is 52.1 Å². The minimum Gasteiger partial charge on any atom is -0.356 e. The molecule has 0 aliphatic carbocycles. The number of amides is 4. The van der Waals surface area contributed by atoms with Crippen LogP contribution >= 0.6 is 14.5 Å². The molecule has 0 radical (unpaired) electrons. The molecular formula is C88H123N11O8P2+2. The zero-order chi connectivity index (χ0) is 76.8. The third-order valence-electron chi connectivity index (χ3n) is 21.0. The van der Waals surface area contributed by atoms with E-state index in [0.29, 0.717) is 74.7 Å². The summed E-state index contributed by atoms with van der Waals surface area (Å²) in [7, 11) is -3.63. The first-order valence-electron chi connectivity index (χ1n) is 40.7. The van der Waals surface area contributed by atoms with Crippen LogP contribution in [0.3, 0.4) is 0 Å². The van der Waals surface area contributed by atoms with Crippen LogP contribution in [0, 0.1) is 0 Å². The Morgan fingerprint density at radius 2 is 0.661 bits per heavy atom. The minimum absolute atomic E-state index is 0.0516. The maximum atomic E-state index is 13.0. The van der Waals surface area contributed by atoms with Crippen molar-refractivity contribution >= 4 is 75.8 Å². The smallest absolute Gasteiger partial charge is 0.246 e. The highest BCUT2D eigenvalue weighted by molar-refractivity contribution is 7.96. The van der Waals surface area contributed by atoms with E-state index in [0.717, 1.165) is 99.8 Å². The zero-order valence-electron chi connectivity index (χ0n) is 64.9. The van der Waals surface area contributed by atoms with Gasteiger partial charge in [-0.15, -0.1) is 10.2 Å². The van der Waals surface area contributed by atoms with Crippen LogP contribution in [0.25, 0.3) is 0 Å². The van der Waals surface area contributed by atoms with E-state index in [1.165, 1.54) is 116 Å². The minimum atomic E-state index is -1.81. The molecule has 0 aliphatic heterocycles. The topological polar surface area (TPSA) is 232 Å². The molecular weight excluding hydrogens is 1400 g/mol. The number of aryl methyl sites for hydroxylation is 2. The van der Waals surface area contributed by atoms with Crippen LogP contribution < -0.4 is 37.1 Å². The number of unbranched alkanes of at least 4 members (excludes halogenated alkanes) is 21. The number of carbonyl (C=O) groups excluding carboxylic acids is 5. The first-order valence-corrected chi connectivity index (χ1v) is 44.6. The van der Waals surface area contributed by atoms with E-state index in [2.05, 4.69) is 222 Å². The lowest BCUT2D eigenvalue weighted by atomic mass is 10.1. The first kappa shape index (κ1) is 86.4. The summed E-state index contributed by atoms with van der Waals surface area (Å²) in [5.74, 6) is -1.78. The summed E-state index contributed by atoms with van der Waals surface area (Å²) >= 11 is 0. The molecule has 19 nitrogen and oxygen atoms in total. The lowest BCUT2D eigenvalue weighted by Crippen LogP contribution is -2.33. The summed E-state index contributed by atoms with van der Waals surface area (Å²) in [6.45, 7) is 5.84. The average molecular weight is 1520 g/mol. The van der Waals surface area contributed by atoms with Crippen molar-refractivity contribution < 1.29 is 39.6 Å². The van der Waals surface area contributed by atoms with Gasteiger partial charge in [0.05, 0.1) is 36.1 Å². The second-order valence-electron chi connectivity index (χ2n) is 29.2. The standard InChI is InChI=1S/C88H122N11O8P2/c1-76(100)97(105)67-41-13-10-24-46-79(101)59-61-87(103)98(106)68-42-22-37-63-89-86(102)60-62-88(104)99(107)69-43-23-38-64-94(74-77-72-90-92-95(77)65-39-11-6-2-4-8-14-44-70-108(80-47-25-16-26-48-80,81-49-27-17-28-50-81)82-51-29-18-30-52-82)75-78-73-91-93-96(78)66-40-12-7-3-5-9-15-45-71-109(83-53-31-19-32-54-83,84-55-33-20-34-56-84)85-57-35-21-36-58-85/h16-21,25-36,47-58,72-73,105-107H,2-15,22-24,37-46,59-71,74-75H2,1H3/q+1/p+1. The SMILES string of the molecule is CC(=O)N(O)CCCCCCC(=O)CCC(=O)N(O)CCCCCNC(=O)CCC(=O)N(O)CCCCCN(Cc1cnnn1CCCCCCCCCC[P+](c1ccccc1)(c1ccccc1)c1ccccc1)Cc1cnnn1CCCCCCCCCC[P+](c1ccccc1)(c1ccccc1)c1ccccc1. The van der Waals surface area contributed by atoms with Crippen LogP contribution in [-0.2, 0) is 50.2 Å². The first-order chi connectivity index (χ1) is 53.4. The quantitative estimate of drug-likeness (QED) is 0.0120. The van der Waals surface area contributed by atoms with Gasteiger partial charge in [-0.1, -0.05) is 203 Å². The summed E-state index contributed by atoms with van der Waals surface area (Å²) in [4.78, 5) is 63.9. The third-order valence-corrected chi connectivity index (χ3v) is 30.0. The van der Waals surface area contributed by atoms with Crippen LogP contribution in [0.5, 0.6) is 0 Å². The summed E-state index contributed by atoms with van der Waals surface area (Å²) < 4.78 is 4.14. The molecule has 0 saturated heterocycles. The monoisotopic (exact) mass is 1520 g/mol. The summed E-state index contributed by atoms with van der Waals surface area (Å²) in [5, 5.41) is 62.0. The van der Waals surface area contributed by atoms with Crippen molar-refractivity contribution in [1.29, 1.82) is 0 Å². The van der Waals surface area contributed by atoms with Gasteiger partial charge < -0.3 is 5.32 Å². The number of hydroxylamine groups is 6. The maximum Gasteiger partial charge on any atom is 0.246 e. The normalized spacial score (nSPS) is 11.6. The Balaban J connectivity index is 0.740. The molecule has 2 aromatic heterocycles. The van der Waals surface area contributed by atoms with Crippen molar-refractivity contribution in [3.63, 3.8) is 0 Å². The Hall–Kier alpha value is -8.15. The molecule has 2 heterocycles. The Morgan fingerprint density at radius 1 is 0.349 bits per heavy atom. The molecule has 4 amide bonds. The number of aromatic nitrogens is 6. The van der Waals surface area contributed by atoms with E-state index < -0.39 is 32.2 Å². The lowest BCUT2D eigenvalue weighted by Gasteiger charge is -2.27. The Bertz CT molecular complexity index is 3440. The number of nitrogens with zero attached hydrogens (tertiary/aromatic N) is 10. The van der Waals surface area contributed by atoms with Crippen molar-refractivity contribution in [1.82, 2.24) is 55.4 Å². The van der Waals surface area contributed by atoms with E-state index in [9.17, 15) is 39.6 Å². The van der Waals surface area contributed by atoms with Gasteiger partial charge in [0.15, 0.2) is 0 Å². The van der Waals surface area contributed by atoms with Gasteiger partial charge in [-0.05, 0) is 163 Å². The molecule has 0 unspecified atom stereocenters. The van der Waals surface area contributed by atoms with Crippen molar-refractivity contribution in [3.8, 4) is 0 Å². The van der Waals surface area contributed by atoms with Gasteiger partial charge in [0.25, 0.3) is 0 Å². The van der Waals surface area contributed by atoms with Gasteiger partial charge in [0.2, 0.25) is 23.6 Å². The number of carbonyl (C=O) groups is 5. The van der Waals surface area contributed by atoms with Crippen molar-refractivity contribution in [2.45, 2.75) is 232 Å². The predicted octanol–water partition coefficient (Wildman–Crippen LogP) is 15.3. The number of benzene rings is 6. The largest absolute Gasteiger partial charge is 0.356 e. The van der Waals surface area contributed by atoms with Crippen LogP contribution in [0.15, 0.2) is 194 Å². The highest BCUT2D eigenvalue weighted by Crippen LogP contribution is 2.57. The van der Waals surface area contributed by atoms with E-state index in [1.54, 1.807) is 0 Å². The molecule has 109 heavy (non-hydrogen) atoms. The Morgan fingerprint density at radius 3 is 1.05 bits per heavy atom. The Kier molecular flexibility index (Phi) is 39.6. The highest BCUT2D eigenvalue weighted by atomic mass is 31.2. The van der Waals surface area contributed by atoms with E-state index in [1.807, 2.05) is 12.4 Å². The second-order valence-corrected chi connectivity index (χ2v) is 36.4. The van der Waals surface area contributed by atoms with Gasteiger partial charge >= 0.3 is 0 Å². The number of Topliss-reactive ketones (excluding diaryl/α,β-unsaturated/α-hetero) is 1. The molecule has 0 fully saturated rings. The van der Waals surface area contributed by atoms with Crippen LogP contribution in [0.1, 0.15) is 217 Å². The van der Waals surface area contributed by atoms with Crippen LogP contribution in [-0.4, -0.2) is 140 Å². The van der Waals surface area contributed by atoms with Gasteiger partial charge in [0, 0.05) is 91.4 Å². The molecule has 586 valence electrons. The Labute approximate surface area is 650 Å². The molecule has 0 atom stereocenters. The molecule has 8 aromatic rings. The van der Waals surface area contributed by atoms with E-state index in [4.69, 9.17) is 0 Å². The fourth-order valence-corrected chi connectivity index (χ4v) is 23.6. The van der Waals surface area contributed by atoms with Crippen molar-refractivity contribution in [2.75, 3.05) is 45.0 Å². The zero-order valence-corrected chi connectivity index (χ0v) is 66.7. The molecule has 6 aromatic carbocycles. The predicted molar refractivity (Wildman–Crippen MR) is 442 cm³/mol. The molecule has 0 bridgehead atoms. The van der Waals surface area contributed by atoms with Crippen LogP contribution in [0.4, 0.5) is 0 Å². The lowest BCUT2D eigenvalue weighted by molar-refractivity contribution is -0.166. The average Bonchev–Trinajstić information content (AvgIpc) is 1.18. The molecule has 0 spiro atoms. The fourth-order valence-electron chi connectivity index (χ4n) is 14.8. The maximum absolute atomic E-state index is 13.0. The number of ketones is 1. The second kappa shape index (κ2) is 49.9. The van der Waals surface area contributed by atoms with Crippen LogP contribution in [0.2, 0.25) is 0 Å². The van der Waals surface area contributed by atoms with Gasteiger partial charge in [-0.3, -0.25) is 44.5 Å². The van der Waals surface area contributed by atoms with Gasteiger partial charge in [-0.25, -0.2) is 24.6 Å². The van der Waals surface area contributed by atoms with Crippen molar-refractivity contribution in [2.24, 2.45) is 0 Å². The molecule has 8 rings (SSSR count). The van der Waals surface area contributed by atoms with Gasteiger partial charge in [-0.2, -0.15) is 0 Å². The molecule has 0 aliphatic rings. The number of hydrogen-bond donors (Lipinski definition) is 4. The molecule has 21 heteroatoms. The van der Waals surface area contributed by atoms with E-state index >= 15 is 0 Å². The summed E-state index contributed by atoms with van der Waals surface area (Å²) in [6, 6.07) is 67.3. The van der Waals surface area contributed by atoms with E-state index in [-0.39, 0.29) is 57.0 Å². The summed E-state index contributed by atoms with van der Waals surface area (Å²) in [6.07, 6.45) is 31.9.